The van der Waals surface area contributed by atoms with Crippen LogP contribution in [0.25, 0.3) is 0 Å². The highest BCUT2D eigenvalue weighted by Crippen LogP contribution is 2.17. The Bertz CT molecular complexity index is 974. The summed E-state index contributed by atoms with van der Waals surface area (Å²) in [5.41, 5.74) is 2.97. The molecule has 0 saturated heterocycles. The molecule has 2 atom stereocenters. The first kappa shape index (κ1) is 23.3. The lowest BCUT2D eigenvalue weighted by atomic mass is 10.0. The molecule has 0 heterocycles. The third-order valence-electron chi connectivity index (χ3n) is 5.67. The number of amides is 2. The fourth-order valence-electron chi connectivity index (χ4n) is 3.65. The van der Waals surface area contributed by atoms with Crippen LogP contribution >= 0.6 is 0 Å². The van der Waals surface area contributed by atoms with Crippen LogP contribution in [0.2, 0.25) is 0 Å². The van der Waals surface area contributed by atoms with Crippen LogP contribution in [0, 0.1) is 0 Å². The Morgan fingerprint density at radius 1 is 0.781 bits per heavy atom. The van der Waals surface area contributed by atoms with Gasteiger partial charge in [-0.1, -0.05) is 97.9 Å². The molecule has 0 aromatic heterocycles. The van der Waals surface area contributed by atoms with Crippen molar-refractivity contribution in [2.75, 3.05) is 0 Å². The van der Waals surface area contributed by atoms with E-state index in [1.165, 1.54) is 0 Å². The standard InChI is InChI=1S/C28H32N2O2/c1-3-22(2)29-28(32)26(19-23-13-7-4-8-14-23)30(21-25-17-11-6-12-18-25)27(31)20-24-15-9-5-10-16-24/h4-18,22,26H,3,19-21H2,1-2H3,(H,29,32)/t22-,26-/m0/s1. The van der Waals surface area contributed by atoms with E-state index in [1.54, 1.807) is 4.90 Å². The van der Waals surface area contributed by atoms with Gasteiger partial charge in [-0.2, -0.15) is 0 Å². The summed E-state index contributed by atoms with van der Waals surface area (Å²) in [7, 11) is 0. The molecule has 4 heteroatoms. The number of rotatable bonds is 10. The molecule has 4 nitrogen and oxygen atoms in total. The van der Waals surface area contributed by atoms with Gasteiger partial charge in [0.05, 0.1) is 6.42 Å². The summed E-state index contributed by atoms with van der Waals surface area (Å²) in [4.78, 5) is 28.7. The summed E-state index contributed by atoms with van der Waals surface area (Å²) in [6.45, 7) is 4.42. The second-order valence-electron chi connectivity index (χ2n) is 8.19. The summed E-state index contributed by atoms with van der Waals surface area (Å²) in [5, 5.41) is 3.10. The van der Waals surface area contributed by atoms with Crippen molar-refractivity contribution in [1.29, 1.82) is 0 Å². The molecule has 0 unspecified atom stereocenters. The first-order chi connectivity index (χ1) is 15.6. The average molecular weight is 429 g/mol. The van der Waals surface area contributed by atoms with Crippen LogP contribution in [0.1, 0.15) is 37.0 Å². The maximum Gasteiger partial charge on any atom is 0.243 e. The Balaban J connectivity index is 1.93. The molecule has 1 N–H and O–H groups in total. The Kier molecular flexibility index (Phi) is 8.61. The normalized spacial score (nSPS) is 12.6. The molecule has 2 amide bonds. The second kappa shape index (κ2) is 11.8. The molecule has 0 aliphatic carbocycles. The molecule has 0 bridgehead atoms. The van der Waals surface area contributed by atoms with E-state index in [0.717, 1.165) is 23.1 Å². The molecular formula is C28H32N2O2. The van der Waals surface area contributed by atoms with Gasteiger partial charge in [0.1, 0.15) is 6.04 Å². The van der Waals surface area contributed by atoms with E-state index >= 15 is 0 Å². The van der Waals surface area contributed by atoms with Crippen molar-refractivity contribution in [3.05, 3.63) is 108 Å². The average Bonchev–Trinajstić information content (AvgIpc) is 2.83. The number of nitrogens with one attached hydrogen (secondary N) is 1. The molecule has 0 saturated carbocycles. The van der Waals surface area contributed by atoms with E-state index in [4.69, 9.17) is 0 Å². The lowest BCUT2D eigenvalue weighted by Crippen LogP contribution is -2.52. The Labute approximate surface area is 191 Å². The number of carbonyl (C=O) groups excluding carboxylic acids is 2. The number of carbonyl (C=O) groups is 2. The minimum absolute atomic E-state index is 0.0450. The minimum atomic E-state index is -0.595. The van der Waals surface area contributed by atoms with Crippen molar-refractivity contribution in [2.45, 2.75) is 51.7 Å². The van der Waals surface area contributed by atoms with Gasteiger partial charge in [0, 0.05) is 19.0 Å². The number of hydrogen-bond donors (Lipinski definition) is 1. The number of nitrogens with zero attached hydrogens (tertiary/aromatic N) is 1. The molecule has 3 aromatic carbocycles. The van der Waals surface area contributed by atoms with E-state index in [2.05, 4.69) is 5.32 Å². The van der Waals surface area contributed by atoms with Crippen LogP contribution in [0.3, 0.4) is 0 Å². The number of benzene rings is 3. The van der Waals surface area contributed by atoms with Gasteiger partial charge in [-0.3, -0.25) is 9.59 Å². The van der Waals surface area contributed by atoms with Gasteiger partial charge < -0.3 is 10.2 Å². The largest absolute Gasteiger partial charge is 0.352 e. The highest BCUT2D eigenvalue weighted by molar-refractivity contribution is 5.89. The Morgan fingerprint density at radius 3 is 1.81 bits per heavy atom. The van der Waals surface area contributed by atoms with Crippen LogP contribution in [0.5, 0.6) is 0 Å². The molecule has 0 aliphatic rings. The van der Waals surface area contributed by atoms with Crippen molar-refractivity contribution >= 4 is 11.8 Å². The maximum absolute atomic E-state index is 13.6. The summed E-state index contributed by atoms with van der Waals surface area (Å²) < 4.78 is 0. The molecule has 0 aliphatic heterocycles. The van der Waals surface area contributed by atoms with Crippen LogP contribution in [-0.2, 0) is 29.0 Å². The third-order valence-corrected chi connectivity index (χ3v) is 5.67. The highest BCUT2D eigenvalue weighted by atomic mass is 16.2. The first-order valence-corrected chi connectivity index (χ1v) is 11.3. The molecule has 0 fully saturated rings. The van der Waals surface area contributed by atoms with Crippen molar-refractivity contribution < 1.29 is 9.59 Å². The quantitative estimate of drug-likeness (QED) is 0.505. The van der Waals surface area contributed by atoms with E-state index in [9.17, 15) is 9.59 Å². The lowest BCUT2D eigenvalue weighted by molar-refractivity contribution is -0.141. The van der Waals surface area contributed by atoms with E-state index in [-0.39, 0.29) is 24.3 Å². The minimum Gasteiger partial charge on any atom is -0.352 e. The first-order valence-electron chi connectivity index (χ1n) is 11.3. The van der Waals surface area contributed by atoms with Crippen LogP contribution in [0.4, 0.5) is 0 Å². The smallest absolute Gasteiger partial charge is 0.243 e. The van der Waals surface area contributed by atoms with E-state index in [0.29, 0.717) is 13.0 Å². The summed E-state index contributed by atoms with van der Waals surface area (Å²) in [6, 6.07) is 28.9. The van der Waals surface area contributed by atoms with Gasteiger partial charge >= 0.3 is 0 Å². The van der Waals surface area contributed by atoms with Crippen LogP contribution in [-0.4, -0.2) is 28.8 Å². The molecule has 3 aromatic rings. The molecule has 32 heavy (non-hydrogen) atoms. The van der Waals surface area contributed by atoms with Gasteiger partial charge in [0.15, 0.2) is 0 Å². The van der Waals surface area contributed by atoms with Crippen LogP contribution < -0.4 is 5.32 Å². The predicted molar refractivity (Wildman–Crippen MR) is 129 cm³/mol. The summed E-state index contributed by atoms with van der Waals surface area (Å²) in [5.74, 6) is -0.166. The topological polar surface area (TPSA) is 49.4 Å². The van der Waals surface area contributed by atoms with Gasteiger partial charge in [0.2, 0.25) is 11.8 Å². The zero-order chi connectivity index (χ0) is 22.8. The second-order valence-corrected chi connectivity index (χ2v) is 8.19. The predicted octanol–water partition coefficient (Wildman–Crippen LogP) is 4.78. The summed E-state index contributed by atoms with van der Waals surface area (Å²) >= 11 is 0. The molecule has 3 rings (SSSR count). The van der Waals surface area contributed by atoms with Crippen molar-refractivity contribution in [1.82, 2.24) is 10.2 Å². The SMILES string of the molecule is CC[C@H](C)NC(=O)[C@H](Cc1ccccc1)N(Cc1ccccc1)C(=O)Cc1ccccc1. The zero-order valence-corrected chi connectivity index (χ0v) is 18.9. The lowest BCUT2D eigenvalue weighted by Gasteiger charge is -2.32. The molecule has 0 spiro atoms. The molecular weight excluding hydrogens is 396 g/mol. The van der Waals surface area contributed by atoms with Gasteiger partial charge in [-0.15, -0.1) is 0 Å². The van der Waals surface area contributed by atoms with Crippen molar-refractivity contribution in [3.63, 3.8) is 0 Å². The number of hydrogen-bond acceptors (Lipinski definition) is 2. The van der Waals surface area contributed by atoms with E-state index in [1.807, 2.05) is 105 Å². The zero-order valence-electron chi connectivity index (χ0n) is 18.9. The fourth-order valence-corrected chi connectivity index (χ4v) is 3.65. The fraction of sp³-hybridized carbons (Fsp3) is 0.286. The monoisotopic (exact) mass is 428 g/mol. The Morgan fingerprint density at radius 2 is 1.28 bits per heavy atom. The summed E-state index contributed by atoms with van der Waals surface area (Å²) in [6.07, 6.45) is 1.56. The highest BCUT2D eigenvalue weighted by Gasteiger charge is 2.30. The maximum atomic E-state index is 13.6. The molecule has 166 valence electrons. The van der Waals surface area contributed by atoms with E-state index < -0.39 is 6.04 Å². The Hall–Kier alpha value is -3.40. The molecule has 0 radical (unpaired) electrons. The van der Waals surface area contributed by atoms with Crippen LogP contribution in [0.15, 0.2) is 91.0 Å². The van der Waals surface area contributed by atoms with Crippen molar-refractivity contribution in [2.24, 2.45) is 0 Å². The van der Waals surface area contributed by atoms with Gasteiger partial charge in [-0.05, 0) is 30.0 Å². The van der Waals surface area contributed by atoms with Gasteiger partial charge in [-0.25, -0.2) is 0 Å². The van der Waals surface area contributed by atoms with Crippen molar-refractivity contribution in [3.8, 4) is 0 Å². The van der Waals surface area contributed by atoms with Gasteiger partial charge in [0.25, 0.3) is 0 Å². The third kappa shape index (κ3) is 6.81.